The smallest absolute Gasteiger partial charge is 0.252 e. The molecule has 0 N–H and O–H groups in total. The zero-order valence-electron chi connectivity index (χ0n) is 14.4. The number of amides is 1. The van der Waals surface area contributed by atoms with Crippen LogP contribution in [0.1, 0.15) is 37.5 Å². The zero-order chi connectivity index (χ0) is 17.3. The van der Waals surface area contributed by atoms with Gasteiger partial charge in [-0.05, 0) is 50.7 Å². The van der Waals surface area contributed by atoms with Crippen molar-refractivity contribution in [3.05, 3.63) is 17.0 Å². The molecule has 7 heteroatoms. The molecule has 5 nitrogen and oxygen atoms in total. The molecule has 0 aliphatic carbocycles. The van der Waals surface area contributed by atoms with Gasteiger partial charge >= 0.3 is 0 Å². The highest BCUT2D eigenvalue weighted by molar-refractivity contribution is 7.91. The van der Waals surface area contributed by atoms with E-state index in [1.54, 1.807) is 10.4 Å². The topological polar surface area (TPSA) is 57.7 Å². The normalized spacial score (nSPS) is 22.0. The molecule has 2 aliphatic heterocycles. The molecule has 0 unspecified atom stereocenters. The van der Waals surface area contributed by atoms with Crippen LogP contribution in [0.4, 0.5) is 0 Å². The average Bonchev–Trinajstić information content (AvgIpc) is 3.02. The Morgan fingerprint density at radius 3 is 2.25 bits per heavy atom. The summed E-state index contributed by atoms with van der Waals surface area (Å²) in [6, 6.07) is 3.52. The van der Waals surface area contributed by atoms with E-state index in [1.807, 2.05) is 17.9 Å². The van der Waals surface area contributed by atoms with Crippen LogP contribution < -0.4 is 0 Å². The summed E-state index contributed by atoms with van der Waals surface area (Å²) in [6.45, 7) is 6.74. The maximum atomic E-state index is 12.7. The van der Waals surface area contributed by atoms with E-state index in [4.69, 9.17) is 0 Å². The van der Waals surface area contributed by atoms with Gasteiger partial charge in [0, 0.05) is 37.0 Å². The first-order chi connectivity index (χ1) is 11.4. The largest absolute Gasteiger partial charge is 0.342 e. The van der Waals surface area contributed by atoms with E-state index in [-0.39, 0.29) is 11.8 Å². The quantitative estimate of drug-likeness (QED) is 0.822. The third-order valence-corrected chi connectivity index (χ3v) is 8.58. The maximum Gasteiger partial charge on any atom is 0.252 e. The molecule has 0 bridgehead atoms. The monoisotopic (exact) mass is 370 g/mol. The van der Waals surface area contributed by atoms with Crippen molar-refractivity contribution in [1.29, 1.82) is 0 Å². The van der Waals surface area contributed by atoms with Crippen molar-refractivity contribution >= 4 is 27.3 Å². The van der Waals surface area contributed by atoms with Crippen molar-refractivity contribution in [3.8, 4) is 0 Å². The number of rotatable bonds is 3. The number of hydrogen-bond acceptors (Lipinski definition) is 4. The lowest BCUT2D eigenvalue weighted by molar-refractivity contribution is -0.138. The fourth-order valence-electron chi connectivity index (χ4n) is 3.51. The van der Waals surface area contributed by atoms with Gasteiger partial charge in [-0.1, -0.05) is 6.92 Å². The minimum Gasteiger partial charge on any atom is -0.342 e. The molecule has 3 rings (SSSR count). The summed E-state index contributed by atoms with van der Waals surface area (Å²) in [6.07, 6.45) is 3.43. The van der Waals surface area contributed by atoms with Gasteiger partial charge in [0.2, 0.25) is 5.91 Å². The molecule has 24 heavy (non-hydrogen) atoms. The molecule has 1 amide bonds. The summed E-state index contributed by atoms with van der Waals surface area (Å²) in [4.78, 5) is 15.6. The Kier molecular flexibility index (Phi) is 5.32. The van der Waals surface area contributed by atoms with Crippen LogP contribution >= 0.6 is 11.3 Å². The number of nitrogens with zero attached hydrogens (tertiary/aromatic N) is 2. The van der Waals surface area contributed by atoms with Crippen LogP contribution in [0.5, 0.6) is 0 Å². The van der Waals surface area contributed by atoms with Gasteiger partial charge in [0.05, 0.1) is 0 Å². The molecule has 2 fully saturated rings. The molecule has 1 aromatic heterocycles. The lowest BCUT2D eigenvalue weighted by atomic mass is 9.93. The van der Waals surface area contributed by atoms with Gasteiger partial charge < -0.3 is 4.90 Å². The Balaban J connectivity index is 1.58. The molecule has 0 aromatic carbocycles. The van der Waals surface area contributed by atoms with Gasteiger partial charge in [0.15, 0.2) is 0 Å². The van der Waals surface area contributed by atoms with Crippen LogP contribution in [-0.4, -0.2) is 49.7 Å². The van der Waals surface area contributed by atoms with Crippen molar-refractivity contribution in [3.63, 3.8) is 0 Å². The first-order valence-corrected chi connectivity index (χ1v) is 11.0. The van der Waals surface area contributed by atoms with Crippen molar-refractivity contribution in [2.45, 2.75) is 43.7 Å². The number of piperidine rings is 2. The molecular formula is C17H26N2O3S2. The maximum absolute atomic E-state index is 12.7. The predicted molar refractivity (Wildman–Crippen MR) is 95.5 cm³/mol. The van der Waals surface area contributed by atoms with E-state index in [9.17, 15) is 13.2 Å². The first kappa shape index (κ1) is 17.9. The second-order valence-corrected chi connectivity index (χ2v) is 10.5. The fraction of sp³-hybridized carbons (Fsp3) is 0.706. The second kappa shape index (κ2) is 7.14. The number of carbonyl (C=O) groups is 1. The van der Waals surface area contributed by atoms with E-state index in [0.29, 0.717) is 36.1 Å². The molecule has 2 aliphatic rings. The number of hydrogen-bond donors (Lipinski definition) is 0. The van der Waals surface area contributed by atoms with Gasteiger partial charge in [-0.3, -0.25) is 4.79 Å². The second-order valence-electron chi connectivity index (χ2n) is 7.05. The third kappa shape index (κ3) is 3.68. The van der Waals surface area contributed by atoms with Crippen molar-refractivity contribution in [2.24, 2.45) is 11.8 Å². The van der Waals surface area contributed by atoms with E-state index in [2.05, 4.69) is 6.92 Å². The summed E-state index contributed by atoms with van der Waals surface area (Å²) in [7, 11) is -3.40. The Bertz CT molecular complexity index is 682. The summed E-state index contributed by atoms with van der Waals surface area (Å²) in [5.74, 6) is 0.913. The molecular weight excluding hydrogens is 344 g/mol. The van der Waals surface area contributed by atoms with Crippen molar-refractivity contribution in [2.75, 3.05) is 26.2 Å². The van der Waals surface area contributed by atoms with Crippen LogP contribution in [0.25, 0.3) is 0 Å². The van der Waals surface area contributed by atoms with E-state index < -0.39 is 10.0 Å². The number of aryl methyl sites for hydroxylation is 1. The molecule has 0 spiro atoms. The highest BCUT2D eigenvalue weighted by Crippen LogP contribution is 2.29. The van der Waals surface area contributed by atoms with Gasteiger partial charge in [0.1, 0.15) is 4.21 Å². The van der Waals surface area contributed by atoms with Gasteiger partial charge in [0.25, 0.3) is 10.0 Å². The SMILES string of the molecule is Cc1ccc(S(=O)(=O)N2CCC(C(=O)N3CCC(C)CC3)CC2)s1. The Morgan fingerprint density at radius 2 is 1.71 bits per heavy atom. The zero-order valence-corrected chi connectivity index (χ0v) is 16.0. The fourth-order valence-corrected chi connectivity index (χ4v) is 6.42. The summed E-state index contributed by atoms with van der Waals surface area (Å²) >= 11 is 1.31. The molecule has 0 radical (unpaired) electrons. The molecule has 0 saturated carbocycles. The Labute approximate surface area is 148 Å². The minimum atomic E-state index is -3.40. The standard InChI is InChI=1S/C17H26N2O3S2/c1-13-5-9-18(10-6-13)17(20)15-7-11-19(12-8-15)24(21,22)16-4-3-14(2)23-16/h3-4,13,15H,5-12H2,1-2H3. The average molecular weight is 371 g/mol. The summed E-state index contributed by atoms with van der Waals surface area (Å²) < 4.78 is 27.3. The lowest BCUT2D eigenvalue weighted by Crippen LogP contribution is -2.46. The van der Waals surface area contributed by atoms with Gasteiger partial charge in [-0.25, -0.2) is 8.42 Å². The number of carbonyl (C=O) groups excluding carboxylic acids is 1. The van der Waals surface area contributed by atoms with Crippen LogP contribution in [0.3, 0.4) is 0 Å². The van der Waals surface area contributed by atoms with Gasteiger partial charge in [-0.2, -0.15) is 4.31 Å². The predicted octanol–water partition coefficient (Wildman–Crippen LogP) is 2.72. The lowest BCUT2D eigenvalue weighted by Gasteiger charge is -2.36. The number of thiophene rings is 1. The van der Waals surface area contributed by atoms with Crippen LogP contribution in [0, 0.1) is 18.8 Å². The van der Waals surface area contributed by atoms with Crippen molar-refractivity contribution < 1.29 is 13.2 Å². The van der Waals surface area contributed by atoms with E-state index in [0.717, 1.165) is 30.8 Å². The highest BCUT2D eigenvalue weighted by atomic mass is 32.2. The third-order valence-electron chi connectivity index (χ3n) is 5.21. The van der Waals surface area contributed by atoms with E-state index >= 15 is 0 Å². The molecule has 1 aromatic rings. The Hall–Kier alpha value is -0.920. The van der Waals surface area contributed by atoms with Crippen LogP contribution in [0.2, 0.25) is 0 Å². The summed E-state index contributed by atoms with van der Waals surface area (Å²) in [5, 5.41) is 0. The minimum absolute atomic E-state index is 0.0186. The van der Waals surface area contributed by atoms with Gasteiger partial charge in [-0.15, -0.1) is 11.3 Å². The molecule has 3 heterocycles. The number of likely N-dealkylation sites (tertiary alicyclic amines) is 1. The van der Waals surface area contributed by atoms with E-state index in [1.165, 1.54) is 11.3 Å². The summed E-state index contributed by atoms with van der Waals surface area (Å²) in [5.41, 5.74) is 0. The highest BCUT2D eigenvalue weighted by Gasteiger charge is 2.34. The van der Waals surface area contributed by atoms with Crippen LogP contribution in [0.15, 0.2) is 16.3 Å². The van der Waals surface area contributed by atoms with Crippen molar-refractivity contribution in [1.82, 2.24) is 9.21 Å². The Morgan fingerprint density at radius 1 is 1.08 bits per heavy atom. The molecule has 2 saturated heterocycles. The number of sulfonamides is 1. The molecule has 134 valence electrons. The first-order valence-electron chi connectivity index (χ1n) is 8.73. The molecule has 0 atom stereocenters. The van der Waals surface area contributed by atoms with Crippen LogP contribution in [-0.2, 0) is 14.8 Å².